The number of amides is 3. The van der Waals surface area contributed by atoms with E-state index >= 15 is 0 Å². The molecule has 1 unspecified atom stereocenters. The molecule has 1 spiro atoms. The maximum atomic E-state index is 13.0. The number of nitrogens with one attached hydrogen (secondary N) is 1. The molecule has 174 valence electrons. The van der Waals surface area contributed by atoms with Gasteiger partial charge in [0, 0.05) is 44.5 Å². The summed E-state index contributed by atoms with van der Waals surface area (Å²) in [6.07, 6.45) is 2.70. The number of carbonyl (C=O) groups excluding carboxylic acids is 2. The number of fused-ring (bicyclic) bond motifs is 1. The van der Waals surface area contributed by atoms with Gasteiger partial charge in [0.15, 0.2) is 11.5 Å². The fourth-order valence-electron chi connectivity index (χ4n) is 5.41. The van der Waals surface area contributed by atoms with E-state index in [9.17, 15) is 9.59 Å². The maximum absolute atomic E-state index is 13.0. The quantitative estimate of drug-likeness (QED) is 0.747. The first-order valence-electron chi connectivity index (χ1n) is 11.6. The summed E-state index contributed by atoms with van der Waals surface area (Å²) in [5.41, 5.74) is 0.811. The van der Waals surface area contributed by atoms with Crippen molar-refractivity contribution < 1.29 is 23.8 Å². The second-order valence-corrected chi connectivity index (χ2v) is 9.35. The Morgan fingerprint density at radius 3 is 2.44 bits per heavy atom. The Bertz CT molecular complexity index is 864. The SMILES string of the molecule is CN1CC2(CCN(C(=O)Nc3ccc4c(c3)OCCO4)CC2)CC1C(=O)N1CCOCC1. The first-order valence-corrected chi connectivity index (χ1v) is 11.6. The van der Waals surface area contributed by atoms with E-state index < -0.39 is 0 Å². The number of anilines is 1. The van der Waals surface area contributed by atoms with Gasteiger partial charge in [-0.2, -0.15) is 0 Å². The predicted molar refractivity (Wildman–Crippen MR) is 118 cm³/mol. The van der Waals surface area contributed by atoms with Crippen LogP contribution in [0, 0.1) is 5.41 Å². The Hall–Kier alpha value is -2.52. The predicted octanol–water partition coefficient (Wildman–Crippen LogP) is 1.63. The minimum absolute atomic E-state index is 0.0637. The minimum atomic E-state index is -0.0937. The number of morpholine rings is 1. The molecule has 0 bridgehead atoms. The van der Waals surface area contributed by atoms with E-state index in [1.165, 1.54) is 0 Å². The molecule has 1 aromatic carbocycles. The van der Waals surface area contributed by atoms with Crippen molar-refractivity contribution in [2.45, 2.75) is 25.3 Å². The van der Waals surface area contributed by atoms with Crippen molar-refractivity contribution in [1.29, 1.82) is 0 Å². The number of piperidine rings is 1. The molecule has 3 amide bonds. The molecule has 1 atom stereocenters. The van der Waals surface area contributed by atoms with E-state index in [0.717, 1.165) is 25.8 Å². The molecule has 3 saturated heterocycles. The van der Waals surface area contributed by atoms with E-state index in [4.69, 9.17) is 14.2 Å². The van der Waals surface area contributed by atoms with Gasteiger partial charge in [0.2, 0.25) is 5.91 Å². The van der Waals surface area contributed by atoms with Crippen LogP contribution in [-0.4, -0.2) is 98.9 Å². The Morgan fingerprint density at radius 2 is 1.69 bits per heavy atom. The summed E-state index contributed by atoms with van der Waals surface area (Å²) in [5, 5.41) is 2.99. The maximum Gasteiger partial charge on any atom is 0.321 e. The van der Waals surface area contributed by atoms with Crippen molar-refractivity contribution in [3.05, 3.63) is 18.2 Å². The minimum Gasteiger partial charge on any atom is -0.486 e. The second-order valence-electron chi connectivity index (χ2n) is 9.35. The van der Waals surface area contributed by atoms with Gasteiger partial charge in [0.25, 0.3) is 0 Å². The van der Waals surface area contributed by atoms with E-state index in [1.54, 1.807) is 0 Å². The number of nitrogens with zero attached hydrogens (tertiary/aromatic N) is 3. The highest BCUT2D eigenvalue weighted by molar-refractivity contribution is 5.90. The molecule has 9 nitrogen and oxygen atoms in total. The second kappa shape index (κ2) is 8.78. The van der Waals surface area contributed by atoms with E-state index in [1.807, 2.05) is 28.0 Å². The third-order valence-corrected chi connectivity index (χ3v) is 7.26. The normalized spacial score (nSPS) is 25.1. The zero-order valence-electron chi connectivity index (χ0n) is 18.7. The lowest BCUT2D eigenvalue weighted by molar-refractivity contribution is -0.139. The van der Waals surface area contributed by atoms with Crippen molar-refractivity contribution in [2.24, 2.45) is 5.41 Å². The molecule has 0 aromatic heterocycles. The Balaban J connectivity index is 1.16. The number of hydrogen-bond acceptors (Lipinski definition) is 6. The Morgan fingerprint density at radius 1 is 0.969 bits per heavy atom. The van der Waals surface area contributed by atoms with Crippen LogP contribution in [0.4, 0.5) is 10.5 Å². The lowest BCUT2D eigenvalue weighted by Gasteiger charge is -2.39. The van der Waals surface area contributed by atoms with Gasteiger partial charge in [-0.05, 0) is 43.9 Å². The molecule has 4 aliphatic rings. The molecular formula is C23H32N4O5. The van der Waals surface area contributed by atoms with Crippen molar-refractivity contribution in [1.82, 2.24) is 14.7 Å². The number of ether oxygens (including phenoxy) is 3. The van der Waals surface area contributed by atoms with Crippen molar-refractivity contribution in [3.8, 4) is 11.5 Å². The number of likely N-dealkylation sites (tertiary alicyclic amines) is 2. The van der Waals surface area contributed by atoms with Gasteiger partial charge >= 0.3 is 6.03 Å². The van der Waals surface area contributed by atoms with E-state index in [2.05, 4.69) is 17.3 Å². The van der Waals surface area contributed by atoms with Crippen LogP contribution in [0.25, 0.3) is 0 Å². The lowest BCUT2D eigenvalue weighted by Crippen LogP contribution is -2.48. The van der Waals surface area contributed by atoms with E-state index in [-0.39, 0.29) is 23.4 Å². The largest absolute Gasteiger partial charge is 0.486 e. The molecule has 1 aromatic rings. The van der Waals surface area contributed by atoms with Crippen LogP contribution in [-0.2, 0) is 9.53 Å². The molecule has 1 N–H and O–H groups in total. The summed E-state index contributed by atoms with van der Waals surface area (Å²) in [6.45, 7) is 5.98. The number of likely N-dealkylation sites (N-methyl/N-ethyl adjacent to an activating group) is 1. The van der Waals surface area contributed by atoms with Crippen molar-refractivity contribution in [2.75, 3.05) is 71.5 Å². The molecule has 5 rings (SSSR count). The van der Waals surface area contributed by atoms with Gasteiger partial charge in [-0.15, -0.1) is 0 Å². The van der Waals surface area contributed by atoms with Gasteiger partial charge in [0.05, 0.1) is 19.3 Å². The molecule has 4 aliphatic heterocycles. The number of carbonyl (C=O) groups is 2. The summed E-state index contributed by atoms with van der Waals surface area (Å²) in [4.78, 5) is 31.9. The fourth-order valence-corrected chi connectivity index (χ4v) is 5.41. The topological polar surface area (TPSA) is 83.6 Å². The van der Waals surface area contributed by atoms with E-state index in [0.29, 0.717) is 69.8 Å². The summed E-state index contributed by atoms with van der Waals surface area (Å²) in [5.74, 6) is 1.60. The molecule has 32 heavy (non-hydrogen) atoms. The Labute approximate surface area is 188 Å². The standard InChI is InChI=1S/C23H32N4O5/c1-25-16-23(15-18(25)21(28)26-8-10-30-11-9-26)4-6-27(7-5-23)22(29)24-17-2-3-19-20(14-17)32-13-12-31-19/h2-3,14,18H,4-13,15-16H2,1H3,(H,24,29). The number of hydrogen-bond donors (Lipinski definition) is 1. The van der Waals surface area contributed by atoms with Crippen LogP contribution in [0.1, 0.15) is 19.3 Å². The van der Waals surface area contributed by atoms with Gasteiger partial charge < -0.3 is 29.3 Å². The summed E-state index contributed by atoms with van der Waals surface area (Å²) >= 11 is 0. The molecule has 0 radical (unpaired) electrons. The fraction of sp³-hybridized carbons (Fsp3) is 0.652. The molecule has 4 heterocycles. The van der Waals surface area contributed by atoms with Gasteiger partial charge in [-0.3, -0.25) is 9.69 Å². The summed E-state index contributed by atoms with van der Waals surface area (Å²) < 4.78 is 16.5. The average molecular weight is 445 g/mol. The molecule has 0 saturated carbocycles. The number of benzene rings is 1. The smallest absolute Gasteiger partial charge is 0.321 e. The number of urea groups is 1. The Kier molecular flexibility index (Phi) is 5.86. The van der Waals surface area contributed by atoms with Crippen LogP contribution >= 0.6 is 0 Å². The zero-order valence-corrected chi connectivity index (χ0v) is 18.7. The lowest BCUT2D eigenvalue weighted by atomic mass is 9.76. The van der Waals surface area contributed by atoms with Crippen molar-refractivity contribution in [3.63, 3.8) is 0 Å². The van der Waals surface area contributed by atoms with Gasteiger partial charge in [0.1, 0.15) is 13.2 Å². The monoisotopic (exact) mass is 444 g/mol. The number of rotatable bonds is 2. The first-order chi connectivity index (χ1) is 15.5. The van der Waals surface area contributed by atoms with Crippen LogP contribution in [0.3, 0.4) is 0 Å². The van der Waals surface area contributed by atoms with Crippen LogP contribution < -0.4 is 14.8 Å². The van der Waals surface area contributed by atoms with Crippen molar-refractivity contribution >= 4 is 17.6 Å². The summed E-state index contributed by atoms with van der Waals surface area (Å²) in [7, 11) is 2.05. The average Bonchev–Trinajstić information content (AvgIpc) is 3.14. The van der Waals surface area contributed by atoms with Crippen LogP contribution in [0.15, 0.2) is 18.2 Å². The third-order valence-electron chi connectivity index (χ3n) is 7.26. The first kappa shape index (κ1) is 21.3. The van der Waals surface area contributed by atoms with Gasteiger partial charge in [-0.1, -0.05) is 0 Å². The van der Waals surface area contributed by atoms with Crippen LogP contribution in [0.5, 0.6) is 11.5 Å². The van der Waals surface area contributed by atoms with Crippen LogP contribution in [0.2, 0.25) is 0 Å². The highest BCUT2D eigenvalue weighted by Crippen LogP contribution is 2.43. The molecule has 0 aliphatic carbocycles. The molecule has 3 fully saturated rings. The highest BCUT2D eigenvalue weighted by Gasteiger charge is 2.48. The zero-order chi connectivity index (χ0) is 22.1. The third kappa shape index (κ3) is 4.23. The molecule has 9 heteroatoms. The summed E-state index contributed by atoms with van der Waals surface area (Å²) in [6, 6.07) is 5.32. The highest BCUT2D eigenvalue weighted by atomic mass is 16.6. The van der Waals surface area contributed by atoms with Gasteiger partial charge in [-0.25, -0.2) is 4.79 Å². The molecular weight excluding hydrogens is 412 g/mol.